The third-order valence-corrected chi connectivity index (χ3v) is 3.48. The lowest BCUT2D eigenvalue weighted by molar-refractivity contribution is -0.126. The van der Waals surface area contributed by atoms with Gasteiger partial charge in [0.25, 0.3) is 0 Å². The number of rotatable bonds is 8. The van der Waals surface area contributed by atoms with Crippen molar-refractivity contribution in [2.24, 2.45) is 5.41 Å². The van der Waals surface area contributed by atoms with Gasteiger partial charge in [-0.25, -0.2) is 0 Å². The van der Waals surface area contributed by atoms with Gasteiger partial charge in [-0.3, -0.25) is 4.79 Å². The van der Waals surface area contributed by atoms with E-state index in [2.05, 4.69) is 25.7 Å². The number of unbranched alkanes of at least 4 members (excludes halogenated alkanes) is 1. The summed E-state index contributed by atoms with van der Waals surface area (Å²) in [6.07, 6.45) is 4.30. The van der Waals surface area contributed by atoms with Gasteiger partial charge in [-0.15, -0.1) is 0 Å². The minimum absolute atomic E-state index is 0.189. The van der Waals surface area contributed by atoms with Crippen LogP contribution in [0.5, 0.6) is 0 Å². The Kier molecular flexibility index (Phi) is 7.69. The van der Waals surface area contributed by atoms with E-state index in [1.807, 2.05) is 20.8 Å². The fraction of sp³-hybridized carbons (Fsp3) is 0.933. The molecule has 0 rings (SSSR count). The fourth-order valence-electron chi connectivity index (χ4n) is 1.79. The highest BCUT2D eigenvalue weighted by atomic mass is 16.1. The molecule has 0 saturated heterocycles. The van der Waals surface area contributed by atoms with Crippen LogP contribution in [0.2, 0.25) is 0 Å². The molecule has 0 heterocycles. The molecular weight excluding hydrogens is 210 g/mol. The van der Waals surface area contributed by atoms with Crippen LogP contribution in [0.15, 0.2) is 0 Å². The molecule has 1 atom stereocenters. The van der Waals surface area contributed by atoms with Crippen LogP contribution >= 0.6 is 0 Å². The molecule has 1 unspecified atom stereocenters. The lowest BCUT2D eigenvalue weighted by Crippen LogP contribution is -2.36. The molecule has 0 N–H and O–H groups in total. The lowest BCUT2D eigenvalue weighted by atomic mass is 9.89. The molecule has 0 aromatic heterocycles. The van der Waals surface area contributed by atoms with Crippen LogP contribution in [0.1, 0.15) is 67.2 Å². The monoisotopic (exact) mass is 241 g/mol. The van der Waals surface area contributed by atoms with Crippen molar-refractivity contribution in [2.75, 3.05) is 13.1 Å². The van der Waals surface area contributed by atoms with Gasteiger partial charge in [-0.05, 0) is 26.3 Å². The van der Waals surface area contributed by atoms with Gasteiger partial charge in [0.2, 0.25) is 0 Å². The van der Waals surface area contributed by atoms with Crippen LogP contribution < -0.4 is 0 Å². The van der Waals surface area contributed by atoms with Crippen LogP contribution in [0.3, 0.4) is 0 Å². The molecule has 0 fully saturated rings. The third-order valence-electron chi connectivity index (χ3n) is 3.48. The SMILES string of the molecule is CCCCN(CCC(=O)C(C)(C)C)C(C)CC. The van der Waals surface area contributed by atoms with Crippen LogP contribution in [0.25, 0.3) is 0 Å². The molecule has 0 aliphatic rings. The quantitative estimate of drug-likeness (QED) is 0.642. The Balaban J connectivity index is 4.20. The Bertz CT molecular complexity index is 217. The summed E-state index contributed by atoms with van der Waals surface area (Å²) < 4.78 is 0. The second kappa shape index (κ2) is 7.86. The van der Waals surface area contributed by atoms with Crippen molar-refractivity contribution >= 4 is 5.78 Å². The molecule has 0 aliphatic heterocycles. The first-order valence-electron chi connectivity index (χ1n) is 7.10. The van der Waals surface area contributed by atoms with Crippen molar-refractivity contribution in [1.29, 1.82) is 0 Å². The van der Waals surface area contributed by atoms with E-state index in [9.17, 15) is 4.79 Å². The number of Topliss-reactive ketones (excluding diaryl/α,β-unsaturated/α-hetero) is 1. The third kappa shape index (κ3) is 6.82. The molecular formula is C15H31NO. The number of nitrogens with zero attached hydrogens (tertiary/aromatic N) is 1. The highest BCUT2D eigenvalue weighted by Crippen LogP contribution is 2.17. The normalized spacial score (nSPS) is 14.1. The number of carbonyl (C=O) groups excluding carboxylic acids is 1. The van der Waals surface area contributed by atoms with E-state index in [-0.39, 0.29) is 5.41 Å². The number of hydrogen-bond donors (Lipinski definition) is 0. The van der Waals surface area contributed by atoms with Crippen LogP contribution in [0.4, 0.5) is 0 Å². The maximum atomic E-state index is 11.9. The largest absolute Gasteiger partial charge is 0.300 e. The molecule has 102 valence electrons. The van der Waals surface area contributed by atoms with Crippen molar-refractivity contribution in [3.05, 3.63) is 0 Å². The van der Waals surface area contributed by atoms with E-state index in [4.69, 9.17) is 0 Å². The van der Waals surface area contributed by atoms with Gasteiger partial charge in [0.1, 0.15) is 5.78 Å². The predicted molar refractivity (Wildman–Crippen MR) is 75.3 cm³/mol. The molecule has 2 nitrogen and oxygen atoms in total. The minimum atomic E-state index is -0.189. The number of ketones is 1. The standard InChI is InChI=1S/C15H31NO/c1-7-9-11-16(13(3)8-2)12-10-14(17)15(4,5)6/h13H,7-12H2,1-6H3. The highest BCUT2D eigenvalue weighted by Gasteiger charge is 2.22. The second-order valence-electron chi connectivity index (χ2n) is 6.07. The summed E-state index contributed by atoms with van der Waals surface area (Å²) in [5, 5.41) is 0. The van der Waals surface area contributed by atoms with Crippen LogP contribution in [0, 0.1) is 5.41 Å². The first-order valence-corrected chi connectivity index (χ1v) is 7.10. The zero-order valence-electron chi connectivity index (χ0n) is 12.7. The van der Waals surface area contributed by atoms with Gasteiger partial charge in [0, 0.05) is 24.4 Å². The second-order valence-corrected chi connectivity index (χ2v) is 6.07. The van der Waals surface area contributed by atoms with E-state index in [0.29, 0.717) is 18.2 Å². The Morgan fingerprint density at radius 2 is 1.76 bits per heavy atom. The molecule has 0 aromatic rings. The van der Waals surface area contributed by atoms with Crippen molar-refractivity contribution in [3.8, 4) is 0 Å². The summed E-state index contributed by atoms with van der Waals surface area (Å²) in [5.41, 5.74) is -0.189. The summed E-state index contributed by atoms with van der Waals surface area (Å²) in [7, 11) is 0. The van der Waals surface area contributed by atoms with Crippen molar-refractivity contribution in [3.63, 3.8) is 0 Å². The fourth-order valence-corrected chi connectivity index (χ4v) is 1.79. The Labute approximate surface area is 108 Å². The first-order chi connectivity index (χ1) is 7.82. The maximum absolute atomic E-state index is 11.9. The van der Waals surface area contributed by atoms with E-state index < -0.39 is 0 Å². The molecule has 0 aliphatic carbocycles. The number of carbonyl (C=O) groups is 1. The molecule has 0 amide bonds. The molecule has 0 aromatic carbocycles. The van der Waals surface area contributed by atoms with Crippen LogP contribution in [-0.4, -0.2) is 29.8 Å². The first kappa shape index (κ1) is 16.6. The zero-order valence-corrected chi connectivity index (χ0v) is 12.7. The molecule has 2 heteroatoms. The summed E-state index contributed by atoms with van der Waals surface area (Å²) in [6.45, 7) is 14.8. The Hall–Kier alpha value is -0.370. The predicted octanol–water partition coefficient (Wildman–Crippen LogP) is 3.89. The Morgan fingerprint density at radius 3 is 2.18 bits per heavy atom. The summed E-state index contributed by atoms with van der Waals surface area (Å²) >= 11 is 0. The molecule has 0 spiro atoms. The lowest BCUT2D eigenvalue weighted by Gasteiger charge is -2.29. The average molecular weight is 241 g/mol. The Morgan fingerprint density at radius 1 is 1.18 bits per heavy atom. The van der Waals surface area contributed by atoms with Crippen molar-refractivity contribution in [1.82, 2.24) is 4.90 Å². The van der Waals surface area contributed by atoms with Gasteiger partial charge in [-0.1, -0.05) is 41.0 Å². The van der Waals surface area contributed by atoms with Gasteiger partial charge in [-0.2, -0.15) is 0 Å². The van der Waals surface area contributed by atoms with E-state index >= 15 is 0 Å². The van der Waals surface area contributed by atoms with E-state index in [0.717, 1.165) is 19.5 Å². The van der Waals surface area contributed by atoms with Gasteiger partial charge in [0.05, 0.1) is 0 Å². The smallest absolute Gasteiger partial charge is 0.139 e. The van der Waals surface area contributed by atoms with E-state index in [1.165, 1.54) is 12.8 Å². The van der Waals surface area contributed by atoms with Crippen LogP contribution in [-0.2, 0) is 4.79 Å². The summed E-state index contributed by atoms with van der Waals surface area (Å²) in [6, 6.07) is 0.592. The molecule has 17 heavy (non-hydrogen) atoms. The van der Waals surface area contributed by atoms with Crippen molar-refractivity contribution in [2.45, 2.75) is 73.3 Å². The summed E-state index contributed by atoms with van der Waals surface area (Å²) in [5.74, 6) is 0.377. The minimum Gasteiger partial charge on any atom is -0.300 e. The van der Waals surface area contributed by atoms with E-state index in [1.54, 1.807) is 0 Å². The molecule has 0 saturated carbocycles. The van der Waals surface area contributed by atoms with Gasteiger partial charge in [0.15, 0.2) is 0 Å². The number of hydrogen-bond acceptors (Lipinski definition) is 2. The average Bonchev–Trinajstić information content (AvgIpc) is 2.26. The van der Waals surface area contributed by atoms with Gasteiger partial charge >= 0.3 is 0 Å². The highest BCUT2D eigenvalue weighted by molar-refractivity contribution is 5.83. The maximum Gasteiger partial charge on any atom is 0.139 e. The van der Waals surface area contributed by atoms with Crippen molar-refractivity contribution < 1.29 is 4.79 Å². The molecule has 0 radical (unpaired) electrons. The topological polar surface area (TPSA) is 20.3 Å². The van der Waals surface area contributed by atoms with Gasteiger partial charge < -0.3 is 4.90 Å². The summed E-state index contributed by atoms with van der Waals surface area (Å²) in [4.78, 5) is 14.4. The zero-order chi connectivity index (χ0) is 13.5. The molecule has 0 bridgehead atoms.